The third kappa shape index (κ3) is 2.83. The molecule has 0 bridgehead atoms. The van der Waals surface area contributed by atoms with Crippen molar-refractivity contribution in [1.29, 1.82) is 10.5 Å². The molecule has 0 aliphatic heterocycles. The Morgan fingerprint density at radius 2 is 1.91 bits per heavy atom. The molecule has 0 saturated carbocycles. The van der Waals surface area contributed by atoms with Crippen molar-refractivity contribution in [2.24, 2.45) is 0 Å². The van der Waals surface area contributed by atoms with Gasteiger partial charge in [-0.2, -0.15) is 10.5 Å². The predicted octanol–water partition coefficient (Wildman–Crippen LogP) is 1.70. The van der Waals surface area contributed by atoms with E-state index >= 15 is 0 Å². The van der Waals surface area contributed by atoms with E-state index in [1.54, 1.807) is 12.1 Å². The van der Waals surface area contributed by atoms with Crippen molar-refractivity contribution in [2.45, 2.75) is 12.8 Å². The number of hydrogen-bond acceptors (Lipinski definition) is 6. The number of aromatic hydroxyl groups is 1. The molecule has 0 amide bonds. The van der Waals surface area contributed by atoms with E-state index in [9.17, 15) is 15.6 Å². The molecule has 4 N–H and O–H groups in total. The summed E-state index contributed by atoms with van der Waals surface area (Å²) in [6.45, 7) is -0.0338. The molecule has 1 aromatic heterocycles. The maximum atomic E-state index is 9.64. The molecule has 0 aliphatic rings. The Morgan fingerprint density at radius 1 is 1.18 bits per heavy atom. The predicted molar refractivity (Wildman–Crippen MR) is 80.6 cm³/mol. The molecule has 1 aromatic carbocycles. The first kappa shape index (κ1) is 15.3. The summed E-state index contributed by atoms with van der Waals surface area (Å²) in [7, 11) is 0. The number of phenols is 1. The quantitative estimate of drug-likeness (QED) is 0.787. The third-order valence-electron chi connectivity index (χ3n) is 3.23. The lowest BCUT2D eigenvalue weighted by Gasteiger charge is -2.13. The molecule has 6 nitrogen and oxygen atoms in total. The molecule has 0 aliphatic carbocycles. The SMILES string of the molecule is N#Cc1c(N)nc(CCCO)c(C#N)c1-c1cccc(O)c1. The van der Waals surface area contributed by atoms with Gasteiger partial charge in [0.05, 0.1) is 11.3 Å². The van der Waals surface area contributed by atoms with Crippen LogP contribution in [0.4, 0.5) is 5.82 Å². The van der Waals surface area contributed by atoms with Gasteiger partial charge in [-0.15, -0.1) is 0 Å². The molecule has 2 rings (SSSR count). The van der Waals surface area contributed by atoms with Gasteiger partial charge in [0, 0.05) is 12.2 Å². The van der Waals surface area contributed by atoms with Gasteiger partial charge in [0.2, 0.25) is 0 Å². The van der Waals surface area contributed by atoms with Crippen LogP contribution in [0.25, 0.3) is 11.1 Å². The third-order valence-corrected chi connectivity index (χ3v) is 3.23. The highest BCUT2D eigenvalue weighted by Crippen LogP contribution is 2.33. The zero-order valence-corrected chi connectivity index (χ0v) is 11.7. The fourth-order valence-corrected chi connectivity index (χ4v) is 2.27. The van der Waals surface area contributed by atoms with E-state index in [4.69, 9.17) is 10.8 Å². The number of aliphatic hydroxyl groups is 1. The monoisotopic (exact) mass is 294 g/mol. The van der Waals surface area contributed by atoms with E-state index in [1.165, 1.54) is 12.1 Å². The van der Waals surface area contributed by atoms with Crippen molar-refractivity contribution in [1.82, 2.24) is 4.98 Å². The van der Waals surface area contributed by atoms with Crippen LogP contribution in [0.2, 0.25) is 0 Å². The van der Waals surface area contributed by atoms with Crippen molar-refractivity contribution in [2.75, 3.05) is 12.3 Å². The number of phenolic OH excluding ortho intramolecular Hbond substituents is 1. The van der Waals surface area contributed by atoms with Crippen LogP contribution in [-0.2, 0) is 6.42 Å². The van der Waals surface area contributed by atoms with E-state index in [-0.39, 0.29) is 29.3 Å². The van der Waals surface area contributed by atoms with E-state index in [1.807, 2.05) is 6.07 Å². The number of anilines is 1. The number of aliphatic hydroxyl groups excluding tert-OH is 1. The smallest absolute Gasteiger partial charge is 0.142 e. The van der Waals surface area contributed by atoms with E-state index in [0.29, 0.717) is 29.7 Å². The molecule has 6 heteroatoms. The summed E-state index contributed by atoms with van der Waals surface area (Å²) >= 11 is 0. The fourth-order valence-electron chi connectivity index (χ4n) is 2.27. The Hall–Kier alpha value is -3.09. The van der Waals surface area contributed by atoms with Gasteiger partial charge in [-0.25, -0.2) is 4.98 Å². The van der Waals surface area contributed by atoms with Crippen molar-refractivity contribution < 1.29 is 10.2 Å². The normalized spacial score (nSPS) is 9.95. The number of rotatable bonds is 4. The van der Waals surface area contributed by atoms with Gasteiger partial charge in [0.1, 0.15) is 29.3 Å². The first-order valence-corrected chi connectivity index (χ1v) is 6.65. The highest BCUT2D eigenvalue weighted by molar-refractivity contribution is 5.81. The second-order valence-electron chi connectivity index (χ2n) is 4.67. The summed E-state index contributed by atoms with van der Waals surface area (Å²) < 4.78 is 0. The number of aryl methyl sites for hydroxylation is 1. The van der Waals surface area contributed by atoms with Crippen molar-refractivity contribution >= 4 is 5.82 Å². The maximum absolute atomic E-state index is 9.64. The van der Waals surface area contributed by atoms with Crippen molar-refractivity contribution in [3.8, 4) is 29.0 Å². The number of hydrogen-bond donors (Lipinski definition) is 3. The number of pyridine rings is 1. The van der Waals surface area contributed by atoms with Gasteiger partial charge in [0.25, 0.3) is 0 Å². The van der Waals surface area contributed by atoms with Crippen LogP contribution in [-0.4, -0.2) is 21.8 Å². The molecule has 110 valence electrons. The number of benzene rings is 1. The molecule has 0 fully saturated rings. The molecular weight excluding hydrogens is 280 g/mol. The molecular formula is C16H14N4O2. The summed E-state index contributed by atoms with van der Waals surface area (Å²) in [6.07, 6.45) is 0.813. The highest BCUT2D eigenvalue weighted by atomic mass is 16.3. The average molecular weight is 294 g/mol. The van der Waals surface area contributed by atoms with Gasteiger partial charge in [-0.3, -0.25) is 0 Å². The molecule has 0 spiro atoms. The van der Waals surface area contributed by atoms with E-state index < -0.39 is 0 Å². The second kappa shape index (κ2) is 6.57. The first-order valence-electron chi connectivity index (χ1n) is 6.65. The van der Waals surface area contributed by atoms with E-state index in [2.05, 4.69) is 11.1 Å². The Balaban J connectivity index is 2.77. The van der Waals surface area contributed by atoms with Gasteiger partial charge >= 0.3 is 0 Å². The number of nitrogen functional groups attached to an aromatic ring is 1. The van der Waals surface area contributed by atoms with E-state index in [0.717, 1.165) is 0 Å². The lowest BCUT2D eigenvalue weighted by molar-refractivity contribution is 0.288. The molecule has 0 saturated heterocycles. The lowest BCUT2D eigenvalue weighted by Crippen LogP contribution is -2.07. The minimum atomic E-state index is -0.0338. The molecule has 0 unspecified atom stereocenters. The summed E-state index contributed by atoms with van der Waals surface area (Å²) in [6, 6.07) is 10.3. The number of nitrogens with two attached hydrogens (primary N) is 1. The molecule has 22 heavy (non-hydrogen) atoms. The second-order valence-corrected chi connectivity index (χ2v) is 4.67. The minimum Gasteiger partial charge on any atom is -0.508 e. The summed E-state index contributed by atoms with van der Waals surface area (Å²) in [5.41, 5.74) is 7.50. The number of nitriles is 2. The van der Waals surface area contributed by atoms with Crippen LogP contribution in [0, 0.1) is 22.7 Å². The Labute approximate surface area is 127 Å². The number of aromatic nitrogens is 1. The van der Waals surface area contributed by atoms with Crippen LogP contribution in [0.15, 0.2) is 24.3 Å². The van der Waals surface area contributed by atoms with Gasteiger partial charge in [0.15, 0.2) is 0 Å². The number of nitrogens with zero attached hydrogens (tertiary/aromatic N) is 3. The molecule has 1 heterocycles. The van der Waals surface area contributed by atoms with Crippen LogP contribution in [0.1, 0.15) is 23.2 Å². The molecule has 2 aromatic rings. The summed E-state index contributed by atoms with van der Waals surface area (Å²) in [5.74, 6) is 0.0605. The van der Waals surface area contributed by atoms with Crippen LogP contribution in [0.5, 0.6) is 5.75 Å². The molecule has 0 radical (unpaired) electrons. The van der Waals surface area contributed by atoms with Gasteiger partial charge in [-0.1, -0.05) is 12.1 Å². The minimum absolute atomic E-state index is 0.0255. The summed E-state index contributed by atoms with van der Waals surface area (Å²) in [4.78, 5) is 4.12. The van der Waals surface area contributed by atoms with Gasteiger partial charge < -0.3 is 15.9 Å². The lowest BCUT2D eigenvalue weighted by atomic mass is 9.93. The highest BCUT2D eigenvalue weighted by Gasteiger charge is 2.20. The topological polar surface area (TPSA) is 127 Å². The van der Waals surface area contributed by atoms with Crippen molar-refractivity contribution in [3.63, 3.8) is 0 Å². The standard InChI is InChI=1S/C16H14N4O2/c17-8-12-14(5-2-6-21)20-16(19)13(9-18)15(12)10-3-1-4-11(22)7-10/h1,3-4,7,21-22H,2,5-6H2,(H2,19,20). The molecule has 0 atom stereocenters. The Bertz CT molecular complexity index is 788. The summed E-state index contributed by atoms with van der Waals surface area (Å²) in [5, 5.41) is 37.4. The average Bonchev–Trinajstić information content (AvgIpc) is 2.52. The van der Waals surface area contributed by atoms with Crippen LogP contribution < -0.4 is 5.73 Å². The maximum Gasteiger partial charge on any atom is 0.142 e. The largest absolute Gasteiger partial charge is 0.508 e. The fraction of sp³-hybridized carbons (Fsp3) is 0.188. The zero-order chi connectivity index (χ0) is 16.1. The van der Waals surface area contributed by atoms with Crippen LogP contribution >= 0.6 is 0 Å². The Morgan fingerprint density at radius 3 is 2.50 bits per heavy atom. The van der Waals surface area contributed by atoms with Crippen LogP contribution in [0.3, 0.4) is 0 Å². The Kier molecular flexibility index (Phi) is 4.57. The first-order chi connectivity index (χ1) is 10.6. The van der Waals surface area contributed by atoms with Crippen molar-refractivity contribution in [3.05, 3.63) is 41.1 Å². The van der Waals surface area contributed by atoms with Gasteiger partial charge in [-0.05, 0) is 30.5 Å². The zero-order valence-electron chi connectivity index (χ0n) is 11.7.